The lowest BCUT2D eigenvalue weighted by molar-refractivity contribution is 0.0601. The minimum absolute atomic E-state index is 0.348. The van der Waals surface area contributed by atoms with Crippen molar-refractivity contribution in [3.63, 3.8) is 0 Å². The first-order valence-electron chi connectivity index (χ1n) is 9.44. The Kier molecular flexibility index (Phi) is 4.14. The van der Waals surface area contributed by atoms with E-state index in [1.54, 1.807) is 6.07 Å². The van der Waals surface area contributed by atoms with Gasteiger partial charge in [0.15, 0.2) is 0 Å². The maximum atomic E-state index is 12.3. The van der Waals surface area contributed by atoms with Crippen molar-refractivity contribution in [2.45, 2.75) is 0 Å². The van der Waals surface area contributed by atoms with Crippen LogP contribution in [0.15, 0.2) is 91.0 Å². The van der Waals surface area contributed by atoms with Gasteiger partial charge >= 0.3 is 5.97 Å². The maximum Gasteiger partial charge on any atom is 0.338 e. The SMILES string of the molecule is COC(=O)c1ccccc1-c1ccc2c(c1)-c1ccccc1-c1ccccc1O2. The number of rotatable bonds is 2. The maximum absolute atomic E-state index is 12.3. The molecular formula is C26H18O3. The Labute approximate surface area is 169 Å². The molecule has 0 atom stereocenters. The summed E-state index contributed by atoms with van der Waals surface area (Å²) in [6.45, 7) is 0. The van der Waals surface area contributed by atoms with Crippen molar-refractivity contribution in [3.8, 4) is 44.9 Å². The Morgan fingerprint density at radius 3 is 2.00 bits per heavy atom. The third-order valence-corrected chi connectivity index (χ3v) is 5.24. The number of esters is 1. The predicted octanol–water partition coefficient (Wildman–Crippen LogP) is 6.58. The van der Waals surface area contributed by atoms with Crippen LogP contribution in [0.2, 0.25) is 0 Å². The average molecular weight is 378 g/mol. The fourth-order valence-corrected chi connectivity index (χ4v) is 3.87. The first kappa shape index (κ1) is 17.3. The van der Waals surface area contributed by atoms with E-state index in [-0.39, 0.29) is 5.97 Å². The lowest BCUT2D eigenvalue weighted by atomic mass is 9.91. The zero-order valence-electron chi connectivity index (χ0n) is 15.9. The molecule has 29 heavy (non-hydrogen) atoms. The fraction of sp³-hybridized carbons (Fsp3) is 0.0385. The van der Waals surface area contributed by atoms with Gasteiger partial charge in [-0.15, -0.1) is 0 Å². The molecule has 0 amide bonds. The van der Waals surface area contributed by atoms with Gasteiger partial charge in [-0.05, 0) is 46.5 Å². The molecular weight excluding hydrogens is 360 g/mol. The first-order chi connectivity index (χ1) is 14.3. The van der Waals surface area contributed by atoms with Crippen molar-refractivity contribution in [1.82, 2.24) is 0 Å². The molecule has 140 valence electrons. The van der Waals surface area contributed by atoms with Crippen LogP contribution in [-0.2, 0) is 4.74 Å². The number of carbonyl (C=O) groups excluding carboxylic acids is 1. The lowest BCUT2D eigenvalue weighted by Gasteiger charge is -2.13. The third-order valence-electron chi connectivity index (χ3n) is 5.24. The van der Waals surface area contributed by atoms with Crippen LogP contribution in [0.25, 0.3) is 33.4 Å². The minimum Gasteiger partial charge on any atom is -0.465 e. The van der Waals surface area contributed by atoms with E-state index in [1.165, 1.54) is 7.11 Å². The average Bonchev–Trinajstić information content (AvgIpc) is 2.93. The summed E-state index contributed by atoms with van der Waals surface area (Å²) in [6.07, 6.45) is 0. The highest BCUT2D eigenvalue weighted by atomic mass is 16.5. The van der Waals surface area contributed by atoms with Crippen LogP contribution in [0.1, 0.15) is 10.4 Å². The Balaban J connectivity index is 1.74. The first-order valence-corrected chi connectivity index (χ1v) is 9.44. The zero-order valence-corrected chi connectivity index (χ0v) is 15.9. The molecule has 0 aliphatic carbocycles. The molecule has 1 heterocycles. The Hall–Kier alpha value is -3.85. The molecule has 0 unspecified atom stereocenters. The molecule has 5 rings (SSSR count). The Morgan fingerprint density at radius 2 is 1.24 bits per heavy atom. The zero-order chi connectivity index (χ0) is 19.8. The largest absolute Gasteiger partial charge is 0.465 e. The summed E-state index contributed by atoms with van der Waals surface area (Å²) in [4.78, 5) is 12.3. The van der Waals surface area contributed by atoms with E-state index in [1.807, 2.05) is 60.7 Å². The van der Waals surface area contributed by atoms with Gasteiger partial charge in [-0.1, -0.05) is 66.7 Å². The summed E-state index contributed by atoms with van der Waals surface area (Å²) in [6, 6.07) is 29.9. The van der Waals surface area contributed by atoms with Gasteiger partial charge in [0.1, 0.15) is 11.5 Å². The molecule has 0 N–H and O–H groups in total. The van der Waals surface area contributed by atoms with Crippen molar-refractivity contribution >= 4 is 5.97 Å². The second kappa shape index (κ2) is 6.95. The molecule has 0 radical (unpaired) electrons. The summed E-state index contributed by atoms with van der Waals surface area (Å²) in [7, 11) is 1.40. The van der Waals surface area contributed by atoms with E-state index in [2.05, 4.69) is 24.3 Å². The van der Waals surface area contributed by atoms with Crippen LogP contribution >= 0.6 is 0 Å². The minimum atomic E-state index is -0.348. The molecule has 0 saturated heterocycles. The second-order valence-corrected chi connectivity index (χ2v) is 6.89. The van der Waals surface area contributed by atoms with Gasteiger partial charge in [0.25, 0.3) is 0 Å². The molecule has 4 aromatic rings. The van der Waals surface area contributed by atoms with Gasteiger partial charge < -0.3 is 9.47 Å². The summed E-state index contributed by atoms with van der Waals surface area (Å²) in [5.74, 6) is 1.28. The van der Waals surface area contributed by atoms with Crippen LogP contribution in [0, 0.1) is 0 Å². The van der Waals surface area contributed by atoms with E-state index in [9.17, 15) is 4.79 Å². The number of methoxy groups -OCH3 is 1. The van der Waals surface area contributed by atoms with Crippen molar-refractivity contribution in [2.75, 3.05) is 7.11 Å². The quantitative estimate of drug-likeness (QED) is 0.326. The molecule has 0 fully saturated rings. The predicted molar refractivity (Wildman–Crippen MR) is 114 cm³/mol. The van der Waals surface area contributed by atoms with E-state index in [0.717, 1.165) is 44.9 Å². The summed E-state index contributed by atoms with van der Waals surface area (Å²) in [5.41, 5.74) is 6.60. The van der Waals surface area contributed by atoms with Gasteiger partial charge in [0.2, 0.25) is 0 Å². The standard InChI is InChI=1S/C26H18O3/c1-28-26(27)22-12-5-2-8-18(22)17-14-15-25-23(16-17)20-10-4-3-9-19(20)21-11-6-7-13-24(21)29-25/h2-16H,1H3. The van der Waals surface area contributed by atoms with Crippen LogP contribution in [0.5, 0.6) is 11.5 Å². The number of ether oxygens (including phenoxy) is 2. The van der Waals surface area contributed by atoms with E-state index >= 15 is 0 Å². The molecule has 0 saturated carbocycles. The number of para-hydroxylation sites is 1. The molecule has 0 aromatic heterocycles. The molecule has 1 aliphatic heterocycles. The van der Waals surface area contributed by atoms with Crippen molar-refractivity contribution in [1.29, 1.82) is 0 Å². The smallest absolute Gasteiger partial charge is 0.338 e. The van der Waals surface area contributed by atoms with Crippen molar-refractivity contribution < 1.29 is 14.3 Å². The lowest BCUT2D eigenvalue weighted by Crippen LogP contribution is -2.03. The summed E-state index contributed by atoms with van der Waals surface area (Å²) >= 11 is 0. The number of hydrogen-bond acceptors (Lipinski definition) is 3. The van der Waals surface area contributed by atoms with E-state index in [4.69, 9.17) is 9.47 Å². The van der Waals surface area contributed by atoms with E-state index < -0.39 is 0 Å². The number of fused-ring (bicyclic) bond motifs is 5. The topological polar surface area (TPSA) is 35.5 Å². The normalized spacial score (nSPS) is 11.3. The van der Waals surface area contributed by atoms with Gasteiger partial charge in [0, 0.05) is 11.1 Å². The molecule has 1 aliphatic rings. The highest BCUT2D eigenvalue weighted by Crippen LogP contribution is 2.47. The van der Waals surface area contributed by atoms with Crippen LogP contribution in [-0.4, -0.2) is 13.1 Å². The van der Waals surface area contributed by atoms with Gasteiger partial charge in [-0.25, -0.2) is 4.79 Å². The molecule has 0 spiro atoms. The van der Waals surface area contributed by atoms with Crippen LogP contribution in [0.4, 0.5) is 0 Å². The van der Waals surface area contributed by atoms with Gasteiger partial charge in [-0.3, -0.25) is 0 Å². The summed E-state index contributed by atoms with van der Waals surface area (Å²) in [5, 5.41) is 0. The van der Waals surface area contributed by atoms with Gasteiger partial charge in [0.05, 0.1) is 12.7 Å². The van der Waals surface area contributed by atoms with Crippen LogP contribution in [0.3, 0.4) is 0 Å². The van der Waals surface area contributed by atoms with Crippen molar-refractivity contribution in [3.05, 3.63) is 96.6 Å². The summed E-state index contributed by atoms with van der Waals surface area (Å²) < 4.78 is 11.2. The monoisotopic (exact) mass is 378 g/mol. The van der Waals surface area contributed by atoms with Crippen LogP contribution < -0.4 is 4.74 Å². The fourth-order valence-electron chi connectivity index (χ4n) is 3.87. The Bertz CT molecular complexity index is 1240. The third kappa shape index (κ3) is 2.88. The second-order valence-electron chi connectivity index (χ2n) is 6.89. The molecule has 4 aromatic carbocycles. The Morgan fingerprint density at radius 1 is 0.655 bits per heavy atom. The highest BCUT2D eigenvalue weighted by Gasteiger charge is 2.21. The number of benzene rings is 4. The highest BCUT2D eigenvalue weighted by molar-refractivity contribution is 5.98. The van der Waals surface area contributed by atoms with Gasteiger partial charge in [-0.2, -0.15) is 0 Å². The van der Waals surface area contributed by atoms with Crippen molar-refractivity contribution in [2.24, 2.45) is 0 Å². The molecule has 0 bridgehead atoms. The molecule has 3 heteroatoms. The number of hydrogen-bond donors (Lipinski definition) is 0. The number of carbonyl (C=O) groups is 1. The van der Waals surface area contributed by atoms with E-state index in [0.29, 0.717) is 5.56 Å². The molecule has 3 nitrogen and oxygen atoms in total.